The number of aliphatic hydroxyl groups excluding tert-OH is 1. The Kier molecular flexibility index (Phi) is 4.25. The summed E-state index contributed by atoms with van der Waals surface area (Å²) in [6.07, 6.45) is 2.76. The standard InChI is InChI=1S/C14H18ClNO4S/c15-12-8-11(5-4-10(12)9-17)21(18,19)16-6-7-20-14-3-1-2-13(14)16/h4-5,8,13-14,17H,1-3,6-7,9H2. The molecule has 2 aliphatic rings. The molecule has 1 aromatic rings. The van der Waals surface area contributed by atoms with Gasteiger partial charge in [0.1, 0.15) is 0 Å². The first-order valence-electron chi connectivity index (χ1n) is 7.07. The monoisotopic (exact) mass is 331 g/mol. The van der Waals surface area contributed by atoms with Crippen LogP contribution in [0.2, 0.25) is 5.02 Å². The molecule has 1 aliphatic carbocycles. The molecule has 2 atom stereocenters. The molecule has 21 heavy (non-hydrogen) atoms. The molecular formula is C14H18ClNO4S. The van der Waals surface area contributed by atoms with Gasteiger partial charge in [-0.25, -0.2) is 8.42 Å². The van der Waals surface area contributed by atoms with E-state index in [0.29, 0.717) is 18.7 Å². The molecule has 7 heteroatoms. The molecule has 2 fully saturated rings. The number of hydrogen-bond acceptors (Lipinski definition) is 4. The molecule has 0 bridgehead atoms. The molecular weight excluding hydrogens is 314 g/mol. The largest absolute Gasteiger partial charge is 0.392 e. The number of aliphatic hydroxyl groups is 1. The second-order valence-corrected chi connectivity index (χ2v) is 7.73. The van der Waals surface area contributed by atoms with Crippen LogP contribution in [-0.4, -0.2) is 43.1 Å². The van der Waals surface area contributed by atoms with E-state index in [0.717, 1.165) is 19.3 Å². The zero-order chi connectivity index (χ0) is 15.0. The van der Waals surface area contributed by atoms with Crippen LogP contribution in [0.25, 0.3) is 0 Å². The maximum absolute atomic E-state index is 12.8. The minimum Gasteiger partial charge on any atom is -0.392 e. The van der Waals surface area contributed by atoms with Crippen LogP contribution in [0.3, 0.4) is 0 Å². The van der Waals surface area contributed by atoms with Crippen LogP contribution in [-0.2, 0) is 21.4 Å². The van der Waals surface area contributed by atoms with Gasteiger partial charge in [0.2, 0.25) is 10.0 Å². The van der Waals surface area contributed by atoms with Crippen molar-refractivity contribution in [3.8, 4) is 0 Å². The molecule has 1 saturated heterocycles. The van der Waals surface area contributed by atoms with E-state index in [2.05, 4.69) is 0 Å². The minimum atomic E-state index is -3.58. The van der Waals surface area contributed by atoms with Gasteiger partial charge in [0.05, 0.1) is 30.3 Å². The van der Waals surface area contributed by atoms with Crippen LogP contribution in [0.1, 0.15) is 24.8 Å². The van der Waals surface area contributed by atoms with Gasteiger partial charge in [-0.05, 0) is 37.0 Å². The van der Waals surface area contributed by atoms with Gasteiger partial charge in [-0.2, -0.15) is 4.31 Å². The average molecular weight is 332 g/mol. The van der Waals surface area contributed by atoms with E-state index < -0.39 is 10.0 Å². The quantitative estimate of drug-likeness (QED) is 0.916. The van der Waals surface area contributed by atoms with Crippen molar-refractivity contribution in [3.63, 3.8) is 0 Å². The van der Waals surface area contributed by atoms with Crippen molar-refractivity contribution in [2.75, 3.05) is 13.2 Å². The number of nitrogens with zero attached hydrogens (tertiary/aromatic N) is 1. The van der Waals surface area contributed by atoms with Crippen molar-refractivity contribution in [2.24, 2.45) is 0 Å². The number of rotatable bonds is 3. The summed E-state index contributed by atoms with van der Waals surface area (Å²) in [7, 11) is -3.58. The van der Waals surface area contributed by atoms with Crippen LogP contribution < -0.4 is 0 Å². The Balaban J connectivity index is 1.94. The number of halogens is 1. The van der Waals surface area contributed by atoms with E-state index in [4.69, 9.17) is 21.4 Å². The molecule has 116 valence electrons. The van der Waals surface area contributed by atoms with Crippen molar-refractivity contribution >= 4 is 21.6 Å². The highest BCUT2D eigenvalue weighted by Gasteiger charge is 2.42. The number of hydrogen-bond donors (Lipinski definition) is 1. The Labute approximate surface area is 129 Å². The SMILES string of the molecule is O=S(=O)(c1ccc(CO)c(Cl)c1)N1CCOC2CCCC21. The maximum atomic E-state index is 12.8. The highest BCUT2D eigenvalue weighted by molar-refractivity contribution is 7.89. The lowest BCUT2D eigenvalue weighted by molar-refractivity contribution is -0.0241. The van der Waals surface area contributed by atoms with Gasteiger partial charge in [0.25, 0.3) is 0 Å². The fraction of sp³-hybridized carbons (Fsp3) is 0.571. The van der Waals surface area contributed by atoms with Crippen molar-refractivity contribution in [2.45, 2.75) is 42.9 Å². The van der Waals surface area contributed by atoms with Crippen LogP contribution in [0.5, 0.6) is 0 Å². The predicted octanol–water partition coefficient (Wildman–Crippen LogP) is 1.77. The molecule has 2 unspecified atom stereocenters. The lowest BCUT2D eigenvalue weighted by Gasteiger charge is -2.36. The van der Waals surface area contributed by atoms with Gasteiger partial charge in [0, 0.05) is 11.6 Å². The molecule has 0 aromatic heterocycles. The predicted molar refractivity (Wildman–Crippen MR) is 78.6 cm³/mol. The normalized spacial score (nSPS) is 26.8. The first-order valence-corrected chi connectivity index (χ1v) is 8.88. The molecule has 1 heterocycles. The molecule has 5 nitrogen and oxygen atoms in total. The summed E-state index contributed by atoms with van der Waals surface area (Å²) in [4.78, 5) is 0.178. The van der Waals surface area contributed by atoms with Gasteiger partial charge in [-0.15, -0.1) is 0 Å². The Morgan fingerprint density at radius 1 is 1.38 bits per heavy atom. The summed E-state index contributed by atoms with van der Waals surface area (Å²) in [6.45, 7) is 0.604. The van der Waals surface area contributed by atoms with E-state index in [-0.39, 0.29) is 28.7 Å². The number of sulfonamides is 1. The Morgan fingerprint density at radius 2 is 2.19 bits per heavy atom. The summed E-state index contributed by atoms with van der Waals surface area (Å²) in [5.41, 5.74) is 0.524. The van der Waals surface area contributed by atoms with Crippen LogP contribution >= 0.6 is 11.6 Å². The molecule has 0 amide bonds. The molecule has 1 saturated carbocycles. The van der Waals surface area contributed by atoms with E-state index in [1.54, 1.807) is 10.4 Å². The van der Waals surface area contributed by atoms with Crippen LogP contribution in [0.15, 0.2) is 23.1 Å². The lowest BCUT2D eigenvalue weighted by Crippen LogP contribution is -2.51. The fourth-order valence-electron chi connectivity index (χ4n) is 3.14. The Hall–Kier alpha value is -0.660. The van der Waals surface area contributed by atoms with Crippen LogP contribution in [0, 0.1) is 0 Å². The second kappa shape index (κ2) is 5.85. The molecule has 1 aromatic carbocycles. The third kappa shape index (κ3) is 2.71. The first kappa shape index (κ1) is 15.2. The fourth-order valence-corrected chi connectivity index (χ4v) is 5.14. The van der Waals surface area contributed by atoms with Gasteiger partial charge in [-0.1, -0.05) is 17.7 Å². The lowest BCUT2D eigenvalue weighted by atomic mass is 10.2. The number of ether oxygens (including phenoxy) is 1. The van der Waals surface area contributed by atoms with Crippen molar-refractivity contribution < 1.29 is 18.3 Å². The highest BCUT2D eigenvalue weighted by atomic mass is 35.5. The van der Waals surface area contributed by atoms with Gasteiger partial charge in [0.15, 0.2) is 0 Å². The van der Waals surface area contributed by atoms with Gasteiger partial charge >= 0.3 is 0 Å². The van der Waals surface area contributed by atoms with E-state index >= 15 is 0 Å². The number of morpholine rings is 1. The molecule has 3 rings (SSSR count). The van der Waals surface area contributed by atoms with Crippen molar-refractivity contribution in [3.05, 3.63) is 28.8 Å². The van der Waals surface area contributed by atoms with Crippen molar-refractivity contribution in [1.82, 2.24) is 4.31 Å². The van der Waals surface area contributed by atoms with Gasteiger partial charge < -0.3 is 9.84 Å². The van der Waals surface area contributed by atoms with Crippen molar-refractivity contribution in [1.29, 1.82) is 0 Å². The van der Waals surface area contributed by atoms with E-state index in [9.17, 15) is 8.42 Å². The smallest absolute Gasteiger partial charge is 0.243 e. The zero-order valence-electron chi connectivity index (χ0n) is 11.5. The molecule has 1 aliphatic heterocycles. The topological polar surface area (TPSA) is 66.8 Å². The summed E-state index contributed by atoms with van der Waals surface area (Å²) in [5.74, 6) is 0. The summed E-state index contributed by atoms with van der Waals surface area (Å²) < 4.78 is 32.9. The second-order valence-electron chi connectivity index (χ2n) is 5.43. The van der Waals surface area contributed by atoms with Crippen LogP contribution in [0.4, 0.5) is 0 Å². The minimum absolute atomic E-state index is 0.0145. The number of benzene rings is 1. The maximum Gasteiger partial charge on any atom is 0.243 e. The Bertz CT molecular complexity index is 634. The summed E-state index contributed by atoms with van der Waals surface area (Å²) >= 11 is 6.02. The molecule has 1 N–H and O–H groups in total. The molecule has 0 radical (unpaired) electrons. The summed E-state index contributed by atoms with van der Waals surface area (Å²) in [6, 6.07) is 4.41. The zero-order valence-corrected chi connectivity index (χ0v) is 13.1. The van der Waals surface area contributed by atoms with Gasteiger partial charge in [-0.3, -0.25) is 0 Å². The number of fused-ring (bicyclic) bond motifs is 1. The highest BCUT2D eigenvalue weighted by Crippen LogP contribution is 2.34. The molecule has 0 spiro atoms. The first-order chi connectivity index (χ1) is 10.0. The third-order valence-electron chi connectivity index (χ3n) is 4.23. The summed E-state index contributed by atoms with van der Waals surface area (Å²) in [5, 5.41) is 9.40. The Morgan fingerprint density at radius 3 is 2.90 bits per heavy atom. The van der Waals surface area contributed by atoms with E-state index in [1.807, 2.05) is 0 Å². The van der Waals surface area contributed by atoms with E-state index in [1.165, 1.54) is 12.1 Å². The average Bonchev–Trinajstić information content (AvgIpc) is 2.95. The third-order valence-corrected chi connectivity index (χ3v) is 6.50.